The van der Waals surface area contributed by atoms with Crippen molar-refractivity contribution >= 4 is 5.57 Å². The first-order valence-corrected chi connectivity index (χ1v) is 14.8. The van der Waals surface area contributed by atoms with Crippen molar-refractivity contribution in [3.05, 3.63) is 99.7 Å². The molecule has 0 aromatic heterocycles. The van der Waals surface area contributed by atoms with Crippen LogP contribution < -0.4 is 0 Å². The fraction of sp³-hybridized carbons (Fsp3) is 0.526. The molecule has 0 aliphatic heterocycles. The molecule has 0 N–H and O–H groups in total. The van der Waals surface area contributed by atoms with E-state index in [1.165, 1.54) is 61.3 Å². The second-order valence-corrected chi connectivity index (χ2v) is 13.9. The summed E-state index contributed by atoms with van der Waals surface area (Å²) >= 11 is 0. The lowest BCUT2D eigenvalue weighted by Crippen LogP contribution is -2.59. The van der Waals surface area contributed by atoms with Gasteiger partial charge in [0.15, 0.2) is 0 Å². The van der Waals surface area contributed by atoms with Crippen LogP contribution in [0.2, 0.25) is 0 Å². The molecule has 0 fully saturated rings. The molecule has 0 heterocycles. The van der Waals surface area contributed by atoms with E-state index in [4.69, 9.17) is 13.2 Å². The summed E-state index contributed by atoms with van der Waals surface area (Å²) in [5.41, 5.74) is 16.2. The SMILES string of the molecule is C=C(CC)C[C@@H]1[C@]2(C)C(=C(C)[C@@]3(C)C(=C)C(C(=C)C)=C(C)C[C@@]13C)C(=C)c1c(C)ccc(C(C)C)c1[C@H]2C. The van der Waals surface area contributed by atoms with Crippen molar-refractivity contribution in [2.24, 2.45) is 22.2 Å². The highest BCUT2D eigenvalue weighted by Gasteiger charge is 2.66. The standard InChI is InChI=1S/C38H52/c1-16-23(6)19-31-36(13)20-25(8)32(22(4)5)28(11)38(36,15)29(12)35-26(9)33-24(7)17-18-30(21(2)3)34(33)27(10)37(31,35)14/h17-18,21,27,31H,4,6,9,11,16,19-20H2,1-3,5,7-8,10,12-15H3/t27-,31+,36+,37-,38-/m1/s1. The van der Waals surface area contributed by atoms with Gasteiger partial charge in [-0.25, -0.2) is 0 Å². The molecule has 204 valence electrons. The third kappa shape index (κ3) is 3.41. The van der Waals surface area contributed by atoms with Crippen LogP contribution in [0, 0.1) is 29.1 Å². The third-order valence-electron chi connectivity index (χ3n) is 11.7. The van der Waals surface area contributed by atoms with Gasteiger partial charge in [-0.05, 0) is 115 Å². The van der Waals surface area contributed by atoms with Crippen LogP contribution in [0.25, 0.3) is 5.57 Å². The van der Waals surface area contributed by atoms with Gasteiger partial charge in [0.25, 0.3) is 0 Å². The summed E-state index contributed by atoms with van der Waals surface area (Å²) in [6.45, 7) is 45.0. The molecule has 1 aromatic rings. The summed E-state index contributed by atoms with van der Waals surface area (Å²) < 4.78 is 0. The lowest BCUT2D eigenvalue weighted by Gasteiger charge is -2.68. The molecular formula is C38H52. The largest absolute Gasteiger partial charge is 0.0999 e. The molecule has 3 aliphatic carbocycles. The minimum absolute atomic E-state index is 0.00141. The van der Waals surface area contributed by atoms with Crippen molar-refractivity contribution in [2.45, 2.75) is 107 Å². The van der Waals surface area contributed by atoms with Crippen molar-refractivity contribution in [1.82, 2.24) is 0 Å². The Morgan fingerprint density at radius 3 is 2.18 bits per heavy atom. The van der Waals surface area contributed by atoms with Gasteiger partial charge in [0, 0.05) is 10.8 Å². The number of allylic oxidation sites excluding steroid dienone is 8. The number of hydrogen-bond acceptors (Lipinski definition) is 0. The predicted molar refractivity (Wildman–Crippen MR) is 169 cm³/mol. The van der Waals surface area contributed by atoms with Crippen LogP contribution >= 0.6 is 0 Å². The number of benzene rings is 1. The van der Waals surface area contributed by atoms with E-state index < -0.39 is 0 Å². The van der Waals surface area contributed by atoms with Gasteiger partial charge >= 0.3 is 0 Å². The Labute approximate surface area is 234 Å². The fourth-order valence-corrected chi connectivity index (χ4v) is 9.39. The molecule has 0 unspecified atom stereocenters. The first-order valence-electron chi connectivity index (χ1n) is 14.8. The molecule has 0 radical (unpaired) electrons. The third-order valence-corrected chi connectivity index (χ3v) is 11.7. The molecule has 0 amide bonds. The Hall–Kier alpha value is -2.34. The molecular weight excluding hydrogens is 456 g/mol. The molecule has 3 aliphatic rings. The zero-order chi connectivity index (χ0) is 28.7. The zero-order valence-corrected chi connectivity index (χ0v) is 26.3. The van der Waals surface area contributed by atoms with Crippen LogP contribution in [0.4, 0.5) is 0 Å². The molecule has 0 spiro atoms. The first-order chi connectivity index (χ1) is 17.5. The van der Waals surface area contributed by atoms with E-state index in [1.807, 2.05) is 0 Å². The monoisotopic (exact) mass is 508 g/mol. The molecule has 4 rings (SSSR count). The van der Waals surface area contributed by atoms with Gasteiger partial charge in [-0.1, -0.05) is 109 Å². The Balaban J connectivity index is 2.18. The fourth-order valence-electron chi connectivity index (χ4n) is 9.39. The summed E-state index contributed by atoms with van der Waals surface area (Å²) in [7, 11) is 0. The summed E-state index contributed by atoms with van der Waals surface area (Å²) in [4.78, 5) is 0. The summed E-state index contributed by atoms with van der Waals surface area (Å²) in [6, 6.07) is 4.71. The lowest BCUT2D eigenvalue weighted by molar-refractivity contribution is -0.0371. The number of aryl methyl sites for hydroxylation is 1. The lowest BCUT2D eigenvalue weighted by atomic mass is 9.35. The van der Waals surface area contributed by atoms with E-state index in [9.17, 15) is 0 Å². The van der Waals surface area contributed by atoms with Crippen LogP contribution in [0.3, 0.4) is 0 Å². The minimum Gasteiger partial charge on any atom is -0.0999 e. The Bertz CT molecular complexity index is 1340. The van der Waals surface area contributed by atoms with Crippen molar-refractivity contribution in [2.75, 3.05) is 0 Å². The van der Waals surface area contributed by atoms with Gasteiger partial charge in [0.05, 0.1) is 0 Å². The quantitative estimate of drug-likeness (QED) is 0.347. The van der Waals surface area contributed by atoms with Crippen LogP contribution in [0.5, 0.6) is 0 Å². The van der Waals surface area contributed by atoms with Gasteiger partial charge in [0.2, 0.25) is 0 Å². The first kappa shape index (κ1) is 28.7. The topological polar surface area (TPSA) is 0 Å². The number of hydrogen-bond donors (Lipinski definition) is 0. The van der Waals surface area contributed by atoms with Crippen LogP contribution in [0.15, 0.2) is 77.5 Å². The van der Waals surface area contributed by atoms with E-state index in [1.54, 1.807) is 0 Å². The average Bonchev–Trinajstić information content (AvgIpc) is 2.82. The summed E-state index contributed by atoms with van der Waals surface area (Å²) in [6.07, 6.45) is 3.12. The minimum atomic E-state index is -0.182. The normalized spacial score (nSPS) is 32.8. The van der Waals surface area contributed by atoms with E-state index in [2.05, 4.69) is 101 Å². The molecule has 0 heteroatoms. The maximum atomic E-state index is 4.91. The Morgan fingerprint density at radius 1 is 1.05 bits per heavy atom. The molecule has 0 nitrogen and oxygen atoms in total. The molecule has 0 saturated heterocycles. The van der Waals surface area contributed by atoms with Crippen molar-refractivity contribution in [3.63, 3.8) is 0 Å². The number of rotatable bonds is 5. The van der Waals surface area contributed by atoms with E-state index >= 15 is 0 Å². The Kier molecular flexibility index (Phi) is 6.87. The van der Waals surface area contributed by atoms with Gasteiger partial charge in [0.1, 0.15) is 0 Å². The second-order valence-electron chi connectivity index (χ2n) is 13.9. The van der Waals surface area contributed by atoms with Gasteiger partial charge in [-0.2, -0.15) is 0 Å². The number of fused-ring (bicyclic) bond motifs is 3. The maximum absolute atomic E-state index is 4.91. The van der Waals surface area contributed by atoms with Crippen LogP contribution in [-0.4, -0.2) is 0 Å². The maximum Gasteiger partial charge on any atom is 0.0197 e. The molecule has 5 atom stereocenters. The van der Waals surface area contributed by atoms with Crippen molar-refractivity contribution in [3.8, 4) is 0 Å². The van der Waals surface area contributed by atoms with E-state index in [0.29, 0.717) is 17.8 Å². The van der Waals surface area contributed by atoms with Crippen LogP contribution in [0.1, 0.15) is 123 Å². The molecule has 1 aromatic carbocycles. The highest BCUT2D eigenvalue weighted by Crippen LogP contribution is 2.75. The second kappa shape index (κ2) is 9.11. The predicted octanol–water partition coefficient (Wildman–Crippen LogP) is 11.4. The highest BCUT2D eigenvalue weighted by atomic mass is 14.7. The smallest absolute Gasteiger partial charge is 0.0197 e. The van der Waals surface area contributed by atoms with Gasteiger partial charge in [-0.15, -0.1) is 0 Å². The van der Waals surface area contributed by atoms with E-state index in [-0.39, 0.29) is 16.2 Å². The molecule has 38 heavy (non-hydrogen) atoms. The van der Waals surface area contributed by atoms with Crippen molar-refractivity contribution < 1.29 is 0 Å². The summed E-state index contributed by atoms with van der Waals surface area (Å²) in [5.74, 6) is 1.26. The molecule has 0 bridgehead atoms. The average molecular weight is 509 g/mol. The van der Waals surface area contributed by atoms with Gasteiger partial charge < -0.3 is 0 Å². The van der Waals surface area contributed by atoms with E-state index in [0.717, 1.165) is 24.8 Å². The van der Waals surface area contributed by atoms with Crippen LogP contribution in [-0.2, 0) is 0 Å². The Morgan fingerprint density at radius 2 is 1.66 bits per heavy atom. The van der Waals surface area contributed by atoms with Gasteiger partial charge in [-0.3, -0.25) is 0 Å². The zero-order valence-electron chi connectivity index (χ0n) is 26.3. The van der Waals surface area contributed by atoms with Crippen molar-refractivity contribution in [1.29, 1.82) is 0 Å². The highest BCUT2D eigenvalue weighted by molar-refractivity contribution is 5.88. The molecule has 0 saturated carbocycles. The summed E-state index contributed by atoms with van der Waals surface area (Å²) in [5, 5.41) is 0.